The summed E-state index contributed by atoms with van der Waals surface area (Å²) >= 11 is 2.17. The summed E-state index contributed by atoms with van der Waals surface area (Å²) in [6.45, 7) is 2.62. The summed E-state index contributed by atoms with van der Waals surface area (Å²) in [6, 6.07) is 0. The Morgan fingerprint density at radius 3 is 2.40 bits per heavy atom. The lowest BCUT2D eigenvalue weighted by Gasteiger charge is -2.17. The summed E-state index contributed by atoms with van der Waals surface area (Å²) in [5.74, 6) is -0.832. The lowest BCUT2D eigenvalue weighted by Crippen LogP contribution is -2.30. The molecule has 0 saturated carbocycles. The fraction of sp³-hybridized carbons (Fsp3) is 0.778. The molecule has 1 saturated heterocycles. The summed E-state index contributed by atoms with van der Waals surface area (Å²) in [4.78, 5) is 21.6. The molecule has 6 heteroatoms. The monoisotopic (exact) mass is 328 g/mol. The van der Waals surface area contributed by atoms with Gasteiger partial charge in [0.1, 0.15) is 0 Å². The Hall–Kier alpha value is -0.370. The molecule has 0 aromatic carbocycles. The van der Waals surface area contributed by atoms with E-state index in [1.54, 1.807) is 0 Å². The Morgan fingerprint density at radius 1 is 1.33 bits per heavy atom. The highest BCUT2D eigenvalue weighted by Gasteiger charge is 2.39. The molecule has 1 rings (SSSR count). The van der Waals surface area contributed by atoms with Crippen molar-refractivity contribution in [1.29, 1.82) is 0 Å². The van der Waals surface area contributed by atoms with Crippen LogP contribution >= 0.6 is 22.6 Å². The first-order valence-corrected chi connectivity index (χ1v) is 6.11. The highest BCUT2D eigenvalue weighted by Crippen LogP contribution is 2.25. The number of hydrogen-bond donors (Lipinski definition) is 0. The van der Waals surface area contributed by atoms with Gasteiger partial charge in [-0.25, -0.2) is 0 Å². The number of hydrogen-bond acceptors (Lipinski definition) is 5. The van der Waals surface area contributed by atoms with Gasteiger partial charge >= 0.3 is 11.9 Å². The highest BCUT2D eigenvalue weighted by molar-refractivity contribution is 14.1. The molecule has 1 aliphatic rings. The second kappa shape index (κ2) is 5.64. The fourth-order valence-electron chi connectivity index (χ4n) is 1.39. The van der Waals surface area contributed by atoms with Crippen LogP contribution in [0.15, 0.2) is 0 Å². The molecule has 1 heterocycles. The Morgan fingerprint density at radius 2 is 1.93 bits per heavy atom. The van der Waals surface area contributed by atoms with Gasteiger partial charge in [0.25, 0.3) is 0 Å². The van der Waals surface area contributed by atoms with Crippen molar-refractivity contribution in [3.8, 4) is 0 Å². The van der Waals surface area contributed by atoms with Crippen LogP contribution in [0, 0.1) is 0 Å². The minimum absolute atomic E-state index is 0.0284. The van der Waals surface area contributed by atoms with Gasteiger partial charge in [-0.3, -0.25) is 9.59 Å². The second-order valence-corrected chi connectivity index (χ2v) is 4.15. The largest absolute Gasteiger partial charge is 0.456 e. The number of alkyl halides is 1. The van der Waals surface area contributed by atoms with Crippen LogP contribution in [-0.2, 0) is 23.8 Å². The van der Waals surface area contributed by atoms with E-state index in [0.717, 1.165) is 4.43 Å². The van der Waals surface area contributed by atoms with E-state index in [4.69, 9.17) is 14.2 Å². The van der Waals surface area contributed by atoms with Crippen LogP contribution in [0.1, 0.15) is 20.3 Å². The van der Waals surface area contributed by atoms with E-state index in [1.165, 1.54) is 13.8 Å². The molecule has 86 valence electrons. The minimum Gasteiger partial charge on any atom is -0.456 e. The molecule has 0 N–H and O–H groups in total. The summed E-state index contributed by atoms with van der Waals surface area (Å²) in [5, 5.41) is 0. The average Bonchev–Trinajstić information content (AvgIpc) is 2.46. The Kier molecular flexibility index (Phi) is 4.78. The first-order valence-electron chi connectivity index (χ1n) is 4.58. The summed E-state index contributed by atoms with van der Waals surface area (Å²) in [5.41, 5.74) is 0. The van der Waals surface area contributed by atoms with Crippen LogP contribution in [0.2, 0.25) is 0 Å². The van der Waals surface area contributed by atoms with E-state index in [2.05, 4.69) is 22.6 Å². The van der Waals surface area contributed by atoms with Crippen molar-refractivity contribution in [3.05, 3.63) is 0 Å². The third-order valence-electron chi connectivity index (χ3n) is 1.90. The van der Waals surface area contributed by atoms with Crippen LogP contribution in [0.25, 0.3) is 0 Å². The minimum atomic E-state index is -0.758. The SMILES string of the molecule is CC(=O)OC1O[C@@H](CI)C[C@H]1OC(C)=O. The van der Waals surface area contributed by atoms with Gasteiger partial charge in [-0.05, 0) is 0 Å². The molecule has 0 spiro atoms. The van der Waals surface area contributed by atoms with Gasteiger partial charge in [0.2, 0.25) is 6.29 Å². The van der Waals surface area contributed by atoms with E-state index in [-0.39, 0.29) is 6.10 Å². The predicted molar refractivity (Wildman–Crippen MR) is 59.5 cm³/mol. The third kappa shape index (κ3) is 3.94. The molecule has 15 heavy (non-hydrogen) atoms. The quantitative estimate of drug-likeness (QED) is 0.440. The molecule has 1 unspecified atom stereocenters. The maximum atomic E-state index is 10.8. The molecule has 0 aromatic rings. The Labute approximate surface area is 102 Å². The number of carbonyl (C=O) groups excluding carboxylic acids is 2. The van der Waals surface area contributed by atoms with E-state index in [9.17, 15) is 9.59 Å². The molecule has 3 atom stereocenters. The van der Waals surface area contributed by atoms with Crippen molar-refractivity contribution < 1.29 is 23.8 Å². The van der Waals surface area contributed by atoms with Crippen molar-refractivity contribution in [2.24, 2.45) is 0 Å². The third-order valence-corrected chi connectivity index (χ3v) is 2.88. The van der Waals surface area contributed by atoms with Gasteiger partial charge in [0.15, 0.2) is 6.10 Å². The van der Waals surface area contributed by atoms with E-state index < -0.39 is 24.3 Å². The van der Waals surface area contributed by atoms with Crippen LogP contribution in [0.4, 0.5) is 0 Å². The average molecular weight is 328 g/mol. The lowest BCUT2D eigenvalue weighted by atomic mass is 10.2. The van der Waals surface area contributed by atoms with Gasteiger partial charge < -0.3 is 14.2 Å². The van der Waals surface area contributed by atoms with Crippen LogP contribution in [-0.4, -0.2) is 34.9 Å². The van der Waals surface area contributed by atoms with Crippen LogP contribution in [0.5, 0.6) is 0 Å². The molecule has 0 amide bonds. The lowest BCUT2D eigenvalue weighted by molar-refractivity contribution is -0.192. The predicted octanol–water partition coefficient (Wildman–Crippen LogP) is 1.03. The van der Waals surface area contributed by atoms with Crippen LogP contribution < -0.4 is 0 Å². The molecule has 1 aliphatic heterocycles. The van der Waals surface area contributed by atoms with E-state index in [0.29, 0.717) is 6.42 Å². The first kappa shape index (κ1) is 12.7. The molecule has 0 radical (unpaired) electrons. The smallest absolute Gasteiger partial charge is 0.305 e. The van der Waals surface area contributed by atoms with Crippen molar-refractivity contribution in [3.63, 3.8) is 0 Å². The van der Waals surface area contributed by atoms with Crippen molar-refractivity contribution in [2.75, 3.05) is 4.43 Å². The molecular formula is C9H13IO5. The van der Waals surface area contributed by atoms with Gasteiger partial charge in [-0.1, -0.05) is 22.6 Å². The first-order chi connectivity index (χ1) is 7.02. The van der Waals surface area contributed by atoms with Crippen molar-refractivity contribution in [1.82, 2.24) is 0 Å². The molecular weight excluding hydrogens is 315 g/mol. The van der Waals surface area contributed by atoms with Gasteiger partial charge in [-0.2, -0.15) is 0 Å². The summed E-state index contributed by atoms with van der Waals surface area (Å²) < 4.78 is 16.1. The van der Waals surface area contributed by atoms with Gasteiger partial charge in [0, 0.05) is 24.7 Å². The van der Waals surface area contributed by atoms with Gasteiger partial charge in [-0.15, -0.1) is 0 Å². The Balaban J connectivity index is 2.56. The number of esters is 2. The zero-order valence-electron chi connectivity index (χ0n) is 8.57. The number of carbonyl (C=O) groups is 2. The van der Waals surface area contributed by atoms with Crippen molar-refractivity contribution >= 4 is 34.5 Å². The Bertz CT molecular complexity index is 231. The zero-order valence-corrected chi connectivity index (χ0v) is 10.7. The zero-order chi connectivity index (χ0) is 11.4. The summed E-state index contributed by atoms with van der Waals surface area (Å²) in [7, 11) is 0. The van der Waals surface area contributed by atoms with Gasteiger partial charge in [0.05, 0.1) is 6.10 Å². The van der Waals surface area contributed by atoms with Crippen LogP contribution in [0.3, 0.4) is 0 Å². The highest BCUT2D eigenvalue weighted by atomic mass is 127. The number of ether oxygens (including phenoxy) is 3. The maximum Gasteiger partial charge on any atom is 0.305 e. The number of rotatable bonds is 3. The molecule has 0 aromatic heterocycles. The normalized spacial score (nSPS) is 29.9. The molecule has 0 bridgehead atoms. The fourth-order valence-corrected chi connectivity index (χ4v) is 1.95. The number of halogens is 1. The summed E-state index contributed by atoms with van der Waals surface area (Å²) in [6.07, 6.45) is -0.697. The standard InChI is InChI=1S/C9H13IO5/c1-5(11)13-8-3-7(4-10)15-9(8)14-6(2)12/h7-9H,3-4H2,1-2H3/t7-,8-,9?/m1/s1. The molecule has 0 aliphatic carbocycles. The van der Waals surface area contributed by atoms with E-state index in [1.807, 2.05) is 0 Å². The molecule has 5 nitrogen and oxygen atoms in total. The van der Waals surface area contributed by atoms with Crippen molar-refractivity contribution in [2.45, 2.75) is 38.8 Å². The topological polar surface area (TPSA) is 61.8 Å². The molecule has 1 fully saturated rings. The van der Waals surface area contributed by atoms with E-state index >= 15 is 0 Å². The maximum absolute atomic E-state index is 10.8. The second-order valence-electron chi connectivity index (χ2n) is 3.27.